The van der Waals surface area contributed by atoms with E-state index in [1.807, 2.05) is 0 Å². The van der Waals surface area contributed by atoms with Gasteiger partial charge in [0.05, 0.1) is 4.92 Å². The normalized spacial score (nSPS) is 14.2. The standard InChI is InChI=1S/C13H20BrN3O2/c1-9(2)7-13(3,8-15)16-12-5-4-10(17(18)19)6-11(12)14/h4-6,9,16H,7-8,15H2,1-3H3. The fourth-order valence-corrected chi connectivity index (χ4v) is 2.60. The first-order valence-electron chi connectivity index (χ1n) is 6.19. The van der Waals surface area contributed by atoms with Crippen molar-refractivity contribution in [3.8, 4) is 0 Å². The number of non-ortho nitro benzene ring substituents is 1. The zero-order chi connectivity index (χ0) is 14.6. The van der Waals surface area contributed by atoms with Crippen molar-refractivity contribution in [2.45, 2.75) is 32.7 Å². The monoisotopic (exact) mass is 329 g/mol. The van der Waals surface area contributed by atoms with Gasteiger partial charge in [-0.3, -0.25) is 10.1 Å². The summed E-state index contributed by atoms with van der Waals surface area (Å²) >= 11 is 3.36. The molecule has 0 bridgehead atoms. The van der Waals surface area contributed by atoms with Crippen molar-refractivity contribution < 1.29 is 4.92 Å². The van der Waals surface area contributed by atoms with Crippen molar-refractivity contribution in [2.24, 2.45) is 11.7 Å². The summed E-state index contributed by atoms with van der Waals surface area (Å²) < 4.78 is 0.671. The van der Waals surface area contributed by atoms with Crippen molar-refractivity contribution in [1.29, 1.82) is 0 Å². The van der Waals surface area contributed by atoms with Crippen LogP contribution in [0.25, 0.3) is 0 Å². The van der Waals surface area contributed by atoms with Crippen molar-refractivity contribution in [3.63, 3.8) is 0 Å². The molecule has 0 aliphatic carbocycles. The molecule has 0 aliphatic heterocycles. The first-order chi connectivity index (χ1) is 8.77. The quantitative estimate of drug-likeness (QED) is 0.617. The van der Waals surface area contributed by atoms with Crippen LogP contribution in [0.1, 0.15) is 27.2 Å². The molecule has 1 rings (SSSR count). The van der Waals surface area contributed by atoms with E-state index in [2.05, 4.69) is 42.0 Å². The van der Waals surface area contributed by atoms with E-state index < -0.39 is 4.92 Å². The zero-order valence-electron chi connectivity index (χ0n) is 11.4. The Morgan fingerprint density at radius 3 is 2.58 bits per heavy atom. The Bertz CT molecular complexity index is 465. The van der Waals surface area contributed by atoms with E-state index in [4.69, 9.17) is 5.73 Å². The highest BCUT2D eigenvalue weighted by Gasteiger charge is 2.24. The van der Waals surface area contributed by atoms with Gasteiger partial charge in [0.15, 0.2) is 0 Å². The number of nitro groups is 1. The molecule has 106 valence electrons. The highest BCUT2D eigenvalue weighted by atomic mass is 79.9. The third kappa shape index (κ3) is 4.47. The van der Waals surface area contributed by atoms with Gasteiger partial charge in [-0.25, -0.2) is 0 Å². The van der Waals surface area contributed by atoms with Crippen LogP contribution in [0, 0.1) is 16.0 Å². The molecule has 1 aromatic carbocycles. The van der Waals surface area contributed by atoms with Crippen LogP contribution in [0.5, 0.6) is 0 Å². The molecule has 0 aliphatic rings. The highest BCUT2D eigenvalue weighted by molar-refractivity contribution is 9.10. The Morgan fingerprint density at radius 1 is 1.53 bits per heavy atom. The number of nitrogens with one attached hydrogen (secondary N) is 1. The lowest BCUT2D eigenvalue weighted by molar-refractivity contribution is -0.384. The molecule has 0 saturated heterocycles. The molecule has 5 nitrogen and oxygen atoms in total. The number of nitro benzene ring substituents is 1. The average Bonchev–Trinajstić information content (AvgIpc) is 2.30. The second kappa shape index (κ2) is 6.34. The molecule has 0 spiro atoms. The summed E-state index contributed by atoms with van der Waals surface area (Å²) in [6.07, 6.45) is 0.924. The van der Waals surface area contributed by atoms with E-state index in [1.165, 1.54) is 12.1 Å². The van der Waals surface area contributed by atoms with Gasteiger partial charge in [0.2, 0.25) is 0 Å². The van der Waals surface area contributed by atoms with Crippen molar-refractivity contribution in [2.75, 3.05) is 11.9 Å². The molecule has 0 aromatic heterocycles. The molecular weight excluding hydrogens is 310 g/mol. The number of nitrogens with two attached hydrogens (primary N) is 1. The molecule has 6 heteroatoms. The van der Waals surface area contributed by atoms with Gasteiger partial charge in [0, 0.05) is 34.4 Å². The molecule has 1 atom stereocenters. The second-order valence-corrected chi connectivity index (χ2v) is 6.26. The SMILES string of the molecule is CC(C)CC(C)(CN)Nc1ccc([N+](=O)[O-])cc1Br. The minimum Gasteiger partial charge on any atom is -0.378 e. The van der Waals surface area contributed by atoms with Crippen molar-refractivity contribution in [3.05, 3.63) is 32.8 Å². The van der Waals surface area contributed by atoms with Gasteiger partial charge < -0.3 is 11.1 Å². The number of hydrogen-bond acceptors (Lipinski definition) is 4. The minimum absolute atomic E-state index is 0.0655. The number of hydrogen-bond donors (Lipinski definition) is 2. The Morgan fingerprint density at radius 2 is 2.16 bits per heavy atom. The van der Waals surface area contributed by atoms with Crippen LogP contribution >= 0.6 is 15.9 Å². The first-order valence-corrected chi connectivity index (χ1v) is 6.99. The fourth-order valence-electron chi connectivity index (χ4n) is 2.13. The Hall–Kier alpha value is -1.14. The van der Waals surface area contributed by atoms with Crippen molar-refractivity contribution >= 4 is 27.3 Å². The third-order valence-corrected chi connectivity index (χ3v) is 3.57. The first kappa shape index (κ1) is 15.9. The van der Waals surface area contributed by atoms with Gasteiger partial charge in [-0.05, 0) is 41.3 Å². The van der Waals surface area contributed by atoms with E-state index in [-0.39, 0.29) is 11.2 Å². The molecule has 3 N–H and O–H groups in total. The topological polar surface area (TPSA) is 81.2 Å². The van der Waals surface area contributed by atoms with E-state index in [0.29, 0.717) is 16.9 Å². The number of rotatable bonds is 6. The van der Waals surface area contributed by atoms with Crippen molar-refractivity contribution in [1.82, 2.24) is 0 Å². The Labute approximate surface area is 121 Å². The Kier molecular flexibility index (Phi) is 5.31. The number of halogens is 1. The summed E-state index contributed by atoms with van der Waals surface area (Å²) in [5, 5.41) is 14.1. The fraction of sp³-hybridized carbons (Fsp3) is 0.538. The molecule has 19 heavy (non-hydrogen) atoms. The van der Waals surface area contributed by atoms with Gasteiger partial charge in [-0.15, -0.1) is 0 Å². The summed E-state index contributed by atoms with van der Waals surface area (Å²) in [7, 11) is 0. The lowest BCUT2D eigenvalue weighted by Crippen LogP contribution is -2.43. The van der Waals surface area contributed by atoms with Gasteiger partial charge in [-0.1, -0.05) is 13.8 Å². The van der Waals surface area contributed by atoms with Crippen LogP contribution in [0.3, 0.4) is 0 Å². The predicted molar refractivity (Wildman–Crippen MR) is 81.3 cm³/mol. The zero-order valence-corrected chi connectivity index (χ0v) is 13.0. The van der Waals surface area contributed by atoms with Crippen LogP contribution in [-0.2, 0) is 0 Å². The van der Waals surface area contributed by atoms with Gasteiger partial charge in [0.1, 0.15) is 0 Å². The maximum Gasteiger partial charge on any atom is 0.270 e. The lowest BCUT2D eigenvalue weighted by Gasteiger charge is -2.32. The maximum absolute atomic E-state index is 10.7. The molecule has 0 heterocycles. The van der Waals surface area contributed by atoms with Crippen LogP contribution in [0.15, 0.2) is 22.7 Å². The van der Waals surface area contributed by atoms with E-state index in [9.17, 15) is 10.1 Å². The predicted octanol–water partition coefficient (Wildman–Crippen LogP) is 3.53. The lowest BCUT2D eigenvalue weighted by atomic mass is 9.90. The van der Waals surface area contributed by atoms with E-state index in [1.54, 1.807) is 6.07 Å². The molecule has 0 saturated carbocycles. The molecule has 0 fully saturated rings. The minimum atomic E-state index is -0.412. The maximum atomic E-state index is 10.7. The number of nitrogens with zero attached hydrogens (tertiary/aromatic N) is 1. The summed E-state index contributed by atoms with van der Waals surface area (Å²) in [5.74, 6) is 0.512. The summed E-state index contributed by atoms with van der Waals surface area (Å²) in [6, 6.07) is 4.69. The highest BCUT2D eigenvalue weighted by Crippen LogP contribution is 2.30. The molecule has 0 radical (unpaired) electrons. The van der Waals surface area contributed by atoms with Crippen LogP contribution in [0.4, 0.5) is 11.4 Å². The van der Waals surface area contributed by atoms with E-state index in [0.717, 1.165) is 12.1 Å². The number of anilines is 1. The second-order valence-electron chi connectivity index (χ2n) is 5.41. The van der Waals surface area contributed by atoms with Crippen LogP contribution < -0.4 is 11.1 Å². The molecule has 0 amide bonds. The molecule has 1 aromatic rings. The smallest absolute Gasteiger partial charge is 0.270 e. The Balaban J connectivity index is 2.95. The largest absolute Gasteiger partial charge is 0.378 e. The van der Waals surface area contributed by atoms with Gasteiger partial charge in [-0.2, -0.15) is 0 Å². The van der Waals surface area contributed by atoms with Gasteiger partial charge in [0.25, 0.3) is 5.69 Å². The summed E-state index contributed by atoms with van der Waals surface area (Å²) in [4.78, 5) is 10.3. The van der Waals surface area contributed by atoms with Crippen LogP contribution in [-0.4, -0.2) is 17.0 Å². The van der Waals surface area contributed by atoms with Crippen LogP contribution in [0.2, 0.25) is 0 Å². The van der Waals surface area contributed by atoms with E-state index >= 15 is 0 Å². The average molecular weight is 330 g/mol. The summed E-state index contributed by atoms with van der Waals surface area (Å²) in [6.45, 7) is 6.83. The summed E-state index contributed by atoms with van der Waals surface area (Å²) in [5.41, 5.74) is 6.50. The third-order valence-electron chi connectivity index (χ3n) is 2.91. The number of benzene rings is 1. The molecule has 1 unspecified atom stereocenters. The van der Waals surface area contributed by atoms with Gasteiger partial charge >= 0.3 is 0 Å². The molecular formula is C13H20BrN3O2.